The second-order valence-electron chi connectivity index (χ2n) is 5.48. The minimum atomic E-state index is -0.523. The van der Waals surface area contributed by atoms with Crippen LogP contribution >= 0.6 is 0 Å². The predicted octanol–water partition coefficient (Wildman–Crippen LogP) is 3.35. The lowest BCUT2D eigenvalue weighted by Gasteiger charge is -2.16. The first kappa shape index (κ1) is 17.6. The zero-order chi connectivity index (χ0) is 17.5. The summed E-state index contributed by atoms with van der Waals surface area (Å²) in [6, 6.07) is 7.36. The maximum atomic E-state index is 13.6. The van der Waals surface area contributed by atoms with Gasteiger partial charge in [-0.3, -0.25) is 14.6 Å². The largest absolute Gasteiger partial charge is 0.342 e. The summed E-state index contributed by atoms with van der Waals surface area (Å²) in [6.45, 7) is 2.69. The van der Waals surface area contributed by atoms with Crippen molar-refractivity contribution < 1.29 is 14.0 Å². The van der Waals surface area contributed by atoms with E-state index in [2.05, 4.69) is 10.3 Å². The van der Waals surface area contributed by atoms with Crippen LogP contribution in [-0.4, -0.2) is 35.3 Å². The van der Waals surface area contributed by atoms with E-state index < -0.39 is 11.7 Å². The molecule has 0 aliphatic carbocycles. The third-order valence-corrected chi connectivity index (χ3v) is 3.56. The fraction of sp³-hybridized carbons (Fsp3) is 0.278. The zero-order valence-corrected chi connectivity index (χ0v) is 13.8. The van der Waals surface area contributed by atoms with Crippen LogP contribution in [0.1, 0.15) is 40.5 Å². The smallest absolute Gasteiger partial charge is 0.257 e. The number of benzene rings is 1. The number of hydrogen-bond donors (Lipinski definition) is 1. The van der Waals surface area contributed by atoms with Crippen molar-refractivity contribution in [2.45, 2.75) is 19.8 Å². The van der Waals surface area contributed by atoms with Gasteiger partial charge in [0.2, 0.25) is 0 Å². The Labute approximate surface area is 140 Å². The van der Waals surface area contributed by atoms with E-state index in [9.17, 15) is 14.0 Å². The van der Waals surface area contributed by atoms with Gasteiger partial charge in [-0.05, 0) is 24.6 Å². The predicted molar refractivity (Wildman–Crippen MR) is 90.5 cm³/mol. The molecule has 0 aliphatic heterocycles. The molecule has 0 spiro atoms. The van der Waals surface area contributed by atoms with Crippen LogP contribution < -0.4 is 5.32 Å². The van der Waals surface area contributed by atoms with E-state index in [0.717, 1.165) is 12.8 Å². The van der Waals surface area contributed by atoms with Crippen molar-refractivity contribution in [3.8, 4) is 0 Å². The molecule has 0 saturated heterocycles. The van der Waals surface area contributed by atoms with Crippen LogP contribution in [0.5, 0.6) is 0 Å². The molecular weight excluding hydrogens is 309 g/mol. The fourth-order valence-corrected chi connectivity index (χ4v) is 2.16. The Hall–Kier alpha value is -2.76. The lowest BCUT2D eigenvalue weighted by molar-refractivity contribution is 0.0793. The van der Waals surface area contributed by atoms with Crippen LogP contribution in [0.15, 0.2) is 42.7 Å². The van der Waals surface area contributed by atoms with Gasteiger partial charge in [0.15, 0.2) is 0 Å². The van der Waals surface area contributed by atoms with E-state index in [0.29, 0.717) is 12.1 Å². The molecule has 2 aromatic rings. The highest BCUT2D eigenvalue weighted by Gasteiger charge is 2.15. The summed E-state index contributed by atoms with van der Waals surface area (Å²) in [4.78, 5) is 30.1. The Balaban J connectivity index is 2.13. The zero-order valence-electron chi connectivity index (χ0n) is 13.8. The number of nitrogens with zero attached hydrogens (tertiary/aromatic N) is 2. The first-order valence-corrected chi connectivity index (χ1v) is 7.79. The highest BCUT2D eigenvalue weighted by Crippen LogP contribution is 2.14. The van der Waals surface area contributed by atoms with E-state index in [-0.39, 0.29) is 17.2 Å². The van der Waals surface area contributed by atoms with Gasteiger partial charge in [0.05, 0.1) is 16.8 Å². The average Bonchev–Trinajstić information content (AvgIpc) is 2.61. The van der Waals surface area contributed by atoms with E-state index in [1.165, 1.54) is 36.7 Å². The molecule has 2 rings (SSSR count). The summed E-state index contributed by atoms with van der Waals surface area (Å²) in [6.07, 6.45) is 4.66. The van der Waals surface area contributed by atoms with Crippen LogP contribution in [0, 0.1) is 5.82 Å². The molecule has 0 unspecified atom stereocenters. The van der Waals surface area contributed by atoms with Crippen LogP contribution in [0.3, 0.4) is 0 Å². The van der Waals surface area contributed by atoms with Crippen molar-refractivity contribution in [3.05, 3.63) is 59.7 Å². The number of pyridine rings is 1. The second kappa shape index (κ2) is 8.19. The monoisotopic (exact) mass is 329 g/mol. The Morgan fingerprint density at radius 1 is 1.21 bits per heavy atom. The first-order chi connectivity index (χ1) is 11.5. The van der Waals surface area contributed by atoms with Crippen LogP contribution in [0.25, 0.3) is 0 Å². The van der Waals surface area contributed by atoms with Crippen LogP contribution in [-0.2, 0) is 0 Å². The number of anilines is 1. The van der Waals surface area contributed by atoms with Gasteiger partial charge < -0.3 is 10.2 Å². The molecule has 0 fully saturated rings. The molecule has 1 aromatic heterocycles. The molecular formula is C18H20FN3O2. The molecule has 126 valence electrons. The topological polar surface area (TPSA) is 62.3 Å². The van der Waals surface area contributed by atoms with Crippen LogP contribution in [0.4, 0.5) is 10.1 Å². The lowest BCUT2D eigenvalue weighted by Crippen LogP contribution is -2.28. The number of rotatable bonds is 6. The number of hydrogen-bond acceptors (Lipinski definition) is 3. The molecule has 1 heterocycles. The quantitative estimate of drug-likeness (QED) is 0.884. The maximum Gasteiger partial charge on any atom is 0.257 e. The molecule has 24 heavy (non-hydrogen) atoms. The standard InChI is InChI=1S/C18H20FN3O2/c1-3-4-9-22(2)18(24)14-10-13(11-20-12-14)17(23)21-16-8-6-5-7-15(16)19/h5-8,10-12H,3-4,9H2,1-2H3,(H,21,23). The number of aromatic nitrogens is 1. The molecule has 1 aromatic carbocycles. The molecule has 6 heteroatoms. The van der Waals surface area contributed by atoms with E-state index in [4.69, 9.17) is 0 Å². The molecule has 0 radical (unpaired) electrons. The van der Waals surface area contributed by atoms with Crippen LogP contribution in [0.2, 0.25) is 0 Å². The molecule has 0 atom stereocenters. The van der Waals surface area contributed by atoms with Gasteiger partial charge in [0.1, 0.15) is 5.82 Å². The molecule has 0 bridgehead atoms. The minimum absolute atomic E-state index is 0.0827. The summed E-state index contributed by atoms with van der Waals surface area (Å²) in [5.41, 5.74) is 0.613. The highest BCUT2D eigenvalue weighted by molar-refractivity contribution is 6.05. The Morgan fingerprint density at radius 3 is 2.62 bits per heavy atom. The average molecular weight is 329 g/mol. The molecule has 0 saturated carbocycles. The summed E-state index contributed by atoms with van der Waals surface area (Å²) in [7, 11) is 1.71. The Bertz CT molecular complexity index is 734. The normalized spacial score (nSPS) is 10.3. The summed E-state index contributed by atoms with van der Waals surface area (Å²) < 4.78 is 13.6. The van der Waals surface area contributed by atoms with Crippen molar-refractivity contribution in [1.29, 1.82) is 0 Å². The van der Waals surface area contributed by atoms with Crippen molar-refractivity contribution in [2.24, 2.45) is 0 Å². The number of carbonyl (C=O) groups is 2. The number of para-hydroxylation sites is 1. The van der Waals surface area contributed by atoms with Crippen molar-refractivity contribution >= 4 is 17.5 Å². The van der Waals surface area contributed by atoms with Gasteiger partial charge in [-0.2, -0.15) is 0 Å². The summed E-state index contributed by atoms with van der Waals surface area (Å²) in [5, 5.41) is 2.48. The van der Waals surface area contributed by atoms with Crippen molar-refractivity contribution in [1.82, 2.24) is 9.88 Å². The van der Waals surface area contributed by atoms with E-state index in [1.54, 1.807) is 18.0 Å². The highest BCUT2D eigenvalue weighted by atomic mass is 19.1. The van der Waals surface area contributed by atoms with Gasteiger partial charge in [-0.25, -0.2) is 4.39 Å². The molecule has 0 aliphatic rings. The number of unbranched alkanes of at least 4 members (excludes halogenated alkanes) is 1. The molecule has 2 amide bonds. The third-order valence-electron chi connectivity index (χ3n) is 3.56. The first-order valence-electron chi connectivity index (χ1n) is 7.79. The van der Waals surface area contributed by atoms with E-state index in [1.807, 2.05) is 6.92 Å². The van der Waals surface area contributed by atoms with E-state index >= 15 is 0 Å². The molecule has 1 N–H and O–H groups in total. The van der Waals surface area contributed by atoms with Gasteiger partial charge in [-0.1, -0.05) is 25.5 Å². The summed E-state index contributed by atoms with van der Waals surface area (Å²) in [5.74, 6) is -1.24. The fourth-order valence-electron chi connectivity index (χ4n) is 2.16. The lowest BCUT2D eigenvalue weighted by atomic mass is 10.1. The number of amides is 2. The number of halogens is 1. The third kappa shape index (κ3) is 4.38. The second-order valence-corrected chi connectivity index (χ2v) is 5.48. The van der Waals surface area contributed by atoms with Crippen molar-refractivity contribution in [3.63, 3.8) is 0 Å². The SMILES string of the molecule is CCCCN(C)C(=O)c1cncc(C(=O)Nc2ccccc2F)c1. The Kier molecular flexibility index (Phi) is 6.01. The summed E-state index contributed by atoms with van der Waals surface area (Å²) >= 11 is 0. The number of carbonyl (C=O) groups excluding carboxylic acids is 2. The Morgan fingerprint density at radius 2 is 1.92 bits per heavy atom. The van der Waals surface area contributed by atoms with Crippen molar-refractivity contribution in [2.75, 3.05) is 18.9 Å². The molecule has 5 nitrogen and oxygen atoms in total. The van der Waals surface area contributed by atoms with Gasteiger partial charge in [0, 0.05) is 26.0 Å². The van der Waals surface area contributed by atoms with Gasteiger partial charge in [0.25, 0.3) is 11.8 Å². The van der Waals surface area contributed by atoms with Gasteiger partial charge in [-0.15, -0.1) is 0 Å². The maximum absolute atomic E-state index is 13.6. The van der Waals surface area contributed by atoms with Gasteiger partial charge >= 0.3 is 0 Å². The number of nitrogens with one attached hydrogen (secondary N) is 1. The minimum Gasteiger partial charge on any atom is -0.342 e.